The minimum atomic E-state index is -0.576. The van der Waals surface area contributed by atoms with E-state index in [-0.39, 0.29) is 18.4 Å². The summed E-state index contributed by atoms with van der Waals surface area (Å²) in [5.41, 5.74) is 4.42. The lowest BCUT2D eigenvalue weighted by molar-refractivity contribution is -0.165. The van der Waals surface area contributed by atoms with Crippen molar-refractivity contribution >= 4 is 18.4 Å². The Labute approximate surface area is 86.4 Å². The van der Waals surface area contributed by atoms with Gasteiger partial charge in [-0.1, -0.05) is 0 Å². The summed E-state index contributed by atoms with van der Waals surface area (Å²) < 4.78 is 5.17. The normalized spacial score (nSPS) is 11.8. The average molecular weight is 210 g/mol. The predicted octanol–water partition coefficient (Wildman–Crippen LogP) is 1.73. The summed E-state index contributed by atoms with van der Waals surface area (Å²) in [5, 5.41) is 0. The van der Waals surface area contributed by atoms with E-state index in [0.29, 0.717) is 6.54 Å². The zero-order valence-electron chi connectivity index (χ0n) is 9.01. The Hall–Kier alpha value is -0.280. The fourth-order valence-electron chi connectivity index (χ4n) is 0.500. The van der Waals surface area contributed by atoms with Gasteiger partial charge in [0.25, 0.3) is 0 Å². The Bertz CT molecular complexity index is 173. The molecule has 0 unspecified atom stereocenters. The summed E-state index contributed by atoms with van der Waals surface area (Å²) in [4.78, 5) is 11.4. The first-order valence-corrected chi connectivity index (χ1v) is 4.12. The second kappa shape index (κ2) is 4.82. The molecule has 0 radical (unpaired) electrons. The van der Waals surface area contributed by atoms with Crippen molar-refractivity contribution in [3.05, 3.63) is 0 Å². The van der Waals surface area contributed by atoms with E-state index in [1.165, 1.54) is 0 Å². The first-order chi connectivity index (χ1) is 5.19. The highest BCUT2D eigenvalue weighted by Crippen LogP contribution is 2.19. The number of carbonyl (C=O) groups excluding carboxylic acids is 1. The average Bonchev–Trinajstić information content (AvgIpc) is 1.84. The predicted molar refractivity (Wildman–Crippen MR) is 55.9 cm³/mol. The highest BCUT2D eigenvalue weighted by molar-refractivity contribution is 5.85. The van der Waals surface area contributed by atoms with Crippen LogP contribution in [0.15, 0.2) is 0 Å². The van der Waals surface area contributed by atoms with Gasteiger partial charge in [-0.2, -0.15) is 0 Å². The topological polar surface area (TPSA) is 52.3 Å². The van der Waals surface area contributed by atoms with Gasteiger partial charge in [0.15, 0.2) is 0 Å². The van der Waals surface area contributed by atoms with E-state index in [9.17, 15) is 4.79 Å². The molecule has 0 aromatic carbocycles. The van der Waals surface area contributed by atoms with Crippen LogP contribution in [0, 0.1) is 5.41 Å². The maximum atomic E-state index is 11.4. The van der Waals surface area contributed by atoms with Gasteiger partial charge in [0.05, 0.1) is 5.41 Å². The monoisotopic (exact) mass is 209 g/mol. The number of ether oxygens (including phenoxy) is 1. The number of carbonyl (C=O) groups is 1. The maximum Gasteiger partial charge on any atom is 0.313 e. The van der Waals surface area contributed by atoms with Crippen molar-refractivity contribution in [1.82, 2.24) is 0 Å². The van der Waals surface area contributed by atoms with Crippen molar-refractivity contribution in [3.63, 3.8) is 0 Å². The van der Waals surface area contributed by atoms with Gasteiger partial charge in [0.2, 0.25) is 0 Å². The molecule has 4 heteroatoms. The van der Waals surface area contributed by atoms with Crippen LogP contribution in [0.3, 0.4) is 0 Å². The van der Waals surface area contributed by atoms with Crippen LogP contribution >= 0.6 is 12.4 Å². The molecule has 0 saturated heterocycles. The lowest BCUT2D eigenvalue weighted by atomic mass is 9.94. The van der Waals surface area contributed by atoms with Crippen molar-refractivity contribution in [2.45, 2.75) is 40.2 Å². The second-order valence-electron chi connectivity index (χ2n) is 4.59. The lowest BCUT2D eigenvalue weighted by Gasteiger charge is -2.27. The quantitative estimate of drug-likeness (QED) is 0.705. The molecule has 0 aromatic rings. The number of halogens is 1. The lowest BCUT2D eigenvalue weighted by Crippen LogP contribution is -2.38. The molecule has 0 atom stereocenters. The molecule has 0 aliphatic rings. The first kappa shape index (κ1) is 15.2. The van der Waals surface area contributed by atoms with Crippen LogP contribution in [-0.4, -0.2) is 18.1 Å². The molecule has 0 amide bonds. The van der Waals surface area contributed by atoms with Crippen LogP contribution in [-0.2, 0) is 9.53 Å². The highest BCUT2D eigenvalue weighted by atomic mass is 35.5. The molecule has 3 nitrogen and oxygen atoms in total. The molecule has 0 spiro atoms. The third-order valence-corrected chi connectivity index (χ3v) is 1.46. The van der Waals surface area contributed by atoms with E-state index < -0.39 is 11.0 Å². The third-order valence-electron chi connectivity index (χ3n) is 1.46. The smallest absolute Gasteiger partial charge is 0.313 e. The van der Waals surface area contributed by atoms with Gasteiger partial charge >= 0.3 is 5.97 Å². The van der Waals surface area contributed by atoms with E-state index >= 15 is 0 Å². The number of nitrogens with two attached hydrogens (primary N) is 1. The van der Waals surface area contributed by atoms with Crippen LogP contribution in [0.2, 0.25) is 0 Å². The largest absolute Gasteiger partial charge is 0.460 e. The number of hydrogen-bond donors (Lipinski definition) is 1. The van der Waals surface area contributed by atoms with Gasteiger partial charge in [-0.15, -0.1) is 12.4 Å². The van der Waals surface area contributed by atoms with E-state index in [0.717, 1.165) is 0 Å². The summed E-state index contributed by atoms with van der Waals surface area (Å²) in [5.74, 6) is -0.238. The summed E-state index contributed by atoms with van der Waals surface area (Å²) in [6, 6.07) is 0. The minimum absolute atomic E-state index is 0. The van der Waals surface area contributed by atoms with Crippen molar-refractivity contribution in [3.8, 4) is 0 Å². The van der Waals surface area contributed by atoms with Crippen LogP contribution in [0.5, 0.6) is 0 Å². The molecule has 0 heterocycles. The van der Waals surface area contributed by atoms with E-state index in [1.807, 2.05) is 20.8 Å². The van der Waals surface area contributed by atoms with Gasteiger partial charge in [-0.25, -0.2) is 0 Å². The highest BCUT2D eigenvalue weighted by Gasteiger charge is 2.30. The Morgan fingerprint density at radius 3 is 1.85 bits per heavy atom. The standard InChI is InChI=1S/C9H19NO2.ClH/c1-8(2,3)12-7(11)9(4,5)6-10;/h6,10H2,1-5H3;1H. The van der Waals surface area contributed by atoms with Crippen LogP contribution in [0.25, 0.3) is 0 Å². The second-order valence-corrected chi connectivity index (χ2v) is 4.59. The van der Waals surface area contributed by atoms with Crippen molar-refractivity contribution in [2.24, 2.45) is 11.1 Å². The zero-order chi connectivity index (χ0) is 9.99. The number of rotatable bonds is 2. The zero-order valence-corrected chi connectivity index (χ0v) is 9.83. The third kappa shape index (κ3) is 5.88. The Kier molecular flexibility index (Phi) is 5.63. The first-order valence-electron chi connectivity index (χ1n) is 4.12. The Morgan fingerprint density at radius 2 is 1.62 bits per heavy atom. The molecule has 0 saturated carbocycles. The molecular weight excluding hydrogens is 190 g/mol. The van der Waals surface area contributed by atoms with Crippen molar-refractivity contribution in [1.29, 1.82) is 0 Å². The van der Waals surface area contributed by atoms with Gasteiger partial charge in [0.1, 0.15) is 5.60 Å². The molecule has 13 heavy (non-hydrogen) atoms. The van der Waals surface area contributed by atoms with E-state index in [1.54, 1.807) is 13.8 Å². The number of hydrogen-bond acceptors (Lipinski definition) is 3. The summed E-state index contributed by atoms with van der Waals surface area (Å²) in [6.45, 7) is 9.40. The fourth-order valence-corrected chi connectivity index (χ4v) is 0.500. The Morgan fingerprint density at radius 1 is 1.23 bits per heavy atom. The molecule has 0 aliphatic carbocycles. The molecule has 0 aliphatic heterocycles. The van der Waals surface area contributed by atoms with Crippen LogP contribution < -0.4 is 5.73 Å². The summed E-state index contributed by atoms with van der Waals surface area (Å²) >= 11 is 0. The van der Waals surface area contributed by atoms with Crippen molar-refractivity contribution in [2.75, 3.05) is 6.54 Å². The van der Waals surface area contributed by atoms with Gasteiger partial charge in [-0.05, 0) is 34.6 Å². The molecule has 0 rings (SSSR count). The molecule has 2 N–H and O–H groups in total. The van der Waals surface area contributed by atoms with Gasteiger partial charge in [-0.3, -0.25) is 4.79 Å². The van der Waals surface area contributed by atoms with Crippen molar-refractivity contribution < 1.29 is 9.53 Å². The SMILES string of the molecule is CC(C)(C)OC(=O)C(C)(C)CN.Cl. The summed E-state index contributed by atoms with van der Waals surface area (Å²) in [6.07, 6.45) is 0. The molecule has 0 aromatic heterocycles. The number of esters is 1. The molecule has 0 fully saturated rings. The Balaban J connectivity index is 0. The molecular formula is C9H20ClNO2. The minimum Gasteiger partial charge on any atom is -0.460 e. The van der Waals surface area contributed by atoms with Gasteiger partial charge < -0.3 is 10.5 Å². The molecule has 80 valence electrons. The van der Waals surface area contributed by atoms with E-state index in [2.05, 4.69) is 0 Å². The summed E-state index contributed by atoms with van der Waals surface area (Å²) in [7, 11) is 0. The van der Waals surface area contributed by atoms with Crippen LogP contribution in [0.4, 0.5) is 0 Å². The maximum absolute atomic E-state index is 11.4. The van der Waals surface area contributed by atoms with E-state index in [4.69, 9.17) is 10.5 Å². The molecule has 0 bridgehead atoms. The van der Waals surface area contributed by atoms with Gasteiger partial charge in [0, 0.05) is 6.54 Å². The fraction of sp³-hybridized carbons (Fsp3) is 0.889. The van der Waals surface area contributed by atoms with Crippen LogP contribution in [0.1, 0.15) is 34.6 Å².